The van der Waals surface area contributed by atoms with Crippen LogP contribution in [0.4, 0.5) is 10.6 Å². The van der Waals surface area contributed by atoms with E-state index in [0.717, 1.165) is 21.6 Å². The second-order valence-corrected chi connectivity index (χ2v) is 11.0. The number of ether oxygens (including phenoxy) is 2. The van der Waals surface area contributed by atoms with Gasteiger partial charge in [0.15, 0.2) is 15.7 Å². The van der Waals surface area contributed by atoms with E-state index >= 15 is 0 Å². The molecule has 4 rings (SSSR count). The minimum Gasteiger partial charge on any atom is -0.497 e. The first-order valence-corrected chi connectivity index (χ1v) is 12.7. The highest BCUT2D eigenvalue weighted by Gasteiger charge is 2.29. The Morgan fingerprint density at radius 3 is 2.18 bits per heavy atom. The van der Waals surface area contributed by atoms with Gasteiger partial charge < -0.3 is 20.1 Å². The number of nitrogens with zero attached hydrogens (tertiary/aromatic N) is 3. The first-order chi connectivity index (χ1) is 17.9. The predicted molar refractivity (Wildman–Crippen MR) is 145 cm³/mol. The number of nitrogens with one attached hydrogen (secondary N) is 2. The fourth-order valence-corrected chi connectivity index (χ4v) is 4.50. The second-order valence-electron chi connectivity index (χ2n) is 10.0. The van der Waals surface area contributed by atoms with Gasteiger partial charge in [0.2, 0.25) is 0 Å². The number of benzene rings is 2. The standard InChI is InChI=1S/C27H29N5O5S/c1-26(2,3)37-25(35)32-24-19(20(31-32)29-21(33)16-12-14-18(36-6)15-13-16)28-23(38-24)22(34)30-27(4,5)17-10-8-7-9-11-17/h7-15H,1-6H3,(H,30,34)(H,29,31,33). The SMILES string of the molecule is COc1ccc(C(=O)Nc2nn(C(=O)OC(C)(C)C)c3sc(C(=O)NC(C)(C)c4ccccc4)nc23)cc1. The molecule has 0 aliphatic carbocycles. The molecule has 38 heavy (non-hydrogen) atoms. The van der Waals surface area contributed by atoms with Crippen LogP contribution in [0, 0.1) is 0 Å². The van der Waals surface area contributed by atoms with Gasteiger partial charge in [0.05, 0.1) is 12.6 Å². The number of amides is 2. The van der Waals surface area contributed by atoms with E-state index in [4.69, 9.17) is 9.47 Å². The highest BCUT2D eigenvalue weighted by atomic mass is 32.1. The van der Waals surface area contributed by atoms with Crippen LogP contribution >= 0.6 is 11.3 Å². The number of thiazole rings is 1. The molecule has 2 aromatic heterocycles. The summed E-state index contributed by atoms with van der Waals surface area (Å²) in [5.41, 5.74) is 0.00134. The van der Waals surface area contributed by atoms with Gasteiger partial charge in [-0.05, 0) is 64.4 Å². The summed E-state index contributed by atoms with van der Waals surface area (Å²) in [6.07, 6.45) is -0.757. The van der Waals surface area contributed by atoms with E-state index in [0.29, 0.717) is 11.3 Å². The van der Waals surface area contributed by atoms with Gasteiger partial charge >= 0.3 is 6.09 Å². The minimum atomic E-state index is -0.785. The molecule has 0 spiro atoms. The van der Waals surface area contributed by atoms with Crippen molar-refractivity contribution in [2.75, 3.05) is 12.4 Å². The summed E-state index contributed by atoms with van der Waals surface area (Å²) in [6.45, 7) is 8.96. The Morgan fingerprint density at radius 2 is 1.58 bits per heavy atom. The molecule has 2 aromatic carbocycles. The summed E-state index contributed by atoms with van der Waals surface area (Å²) >= 11 is 0.980. The zero-order chi connectivity index (χ0) is 27.7. The van der Waals surface area contributed by atoms with E-state index in [9.17, 15) is 14.4 Å². The van der Waals surface area contributed by atoms with Gasteiger partial charge in [-0.25, -0.2) is 9.78 Å². The third-order valence-electron chi connectivity index (χ3n) is 5.49. The van der Waals surface area contributed by atoms with Crippen LogP contribution in [0.1, 0.15) is 60.3 Å². The zero-order valence-corrected chi connectivity index (χ0v) is 22.8. The topological polar surface area (TPSA) is 124 Å². The maximum atomic E-state index is 13.2. The molecular formula is C27H29N5O5S. The average molecular weight is 536 g/mol. The lowest BCUT2D eigenvalue weighted by Crippen LogP contribution is -2.40. The molecule has 0 saturated heterocycles. The van der Waals surface area contributed by atoms with Crippen molar-refractivity contribution in [2.24, 2.45) is 0 Å². The molecule has 4 aromatic rings. The van der Waals surface area contributed by atoms with Gasteiger partial charge in [0.25, 0.3) is 11.8 Å². The first kappa shape index (κ1) is 26.8. The van der Waals surface area contributed by atoms with E-state index in [2.05, 4.69) is 20.7 Å². The molecule has 0 bridgehead atoms. The molecular weight excluding hydrogens is 506 g/mol. The molecule has 0 radical (unpaired) electrons. The normalized spacial score (nSPS) is 11.7. The molecule has 2 amide bonds. The molecule has 2 heterocycles. The number of anilines is 1. The summed E-state index contributed by atoms with van der Waals surface area (Å²) < 4.78 is 11.6. The van der Waals surface area contributed by atoms with Crippen molar-refractivity contribution in [3.63, 3.8) is 0 Å². The molecule has 2 N–H and O–H groups in total. The number of rotatable bonds is 6. The lowest BCUT2D eigenvalue weighted by Gasteiger charge is -2.26. The maximum absolute atomic E-state index is 13.2. The second kappa shape index (κ2) is 10.3. The van der Waals surface area contributed by atoms with Crippen LogP contribution in [0.2, 0.25) is 0 Å². The zero-order valence-electron chi connectivity index (χ0n) is 22.0. The number of fused-ring (bicyclic) bond motifs is 1. The van der Waals surface area contributed by atoms with E-state index in [-0.39, 0.29) is 21.2 Å². The summed E-state index contributed by atoms with van der Waals surface area (Å²) in [5.74, 6) is -0.258. The molecule has 11 heteroatoms. The van der Waals surface area contributed by atoms with Crippen LogP contribution < -0.4 is 15.4 Å². The van der Waals surface area contributed by atoms with E-state index in [1.807, 2.05) is 44.2 Å². The number of carbonyl (C=O) groups is 3. The average Bonchev–Trinajstić information content (AvgIpc) is 3.44. The lowest BCUT2D eigenvalue weighted by atomic mass is 9.94. The van der Waals surface area contributed by atoms with Gasteiger partial charge in [-0.3, -0.25) is 9.59 Å². The number of methoxy groups -OCH3 is 1. The van der Waals surface area contributed by atoms with Crippen LogP contribution in [0.25, 0.3) is 10.3 Å². The number of hydrogen-bond acceptors (Lipinski definition) is 8. The van der Waals surface area contributed by atoms with Crippen molar-refractivity contribution in [1.82, 2.24) is 20.1 Å². The van der Waals surface area contributed by atoms with Crippen molar-refractivity contribution in [3.8, 4) is 5.75 Å². The van der Waals surface area contributed by atoms with E-state index < -0.39 is 29.0 Å². The summed E-state index contributed by atoms with van der Waals surface area (Å²) in [7, 11) is 1.53. The van der Waals surface area contributed by atoms with Gasteiger partial charge in [-0.15, -0.1) is 5.10 Å². The number of hydrogen-bond donors (Lipinski definition) is 2. The molecule has 0 atom stereocenters. The predicted octanol–water partition coefficient (Wildman–Crippen LogP) is 5.20. The van der Waals surface area contributed by atoms with Crippen molar-refractivity contribution in [2.45, 2.75) is 45.8 Å². The van der Waals surface area contributed by atoms with Crippen molar-refractivity contribution in [3.05, 3.63) is 70.7 Å². The largest absolute Gasteiger partial charge is 0.497 e. The molecule has 0 fully saturated rings. The Kier molecular flexibility index (Phi) is 7.23. The van der Waals surface area contributed by atoms with Crippen molar-refractivity contribution >= 4 is 45.4 Å². The number of carbonyl (C=O) groups excluding carboxylic acids is 3. The Labute approximate surface area is 224 Å². The monoisotopic (exact) mass is 535 g/mol. The van der Waals surface area contributed by atoms with Crippen LogP contribution in [0.3, 0.4) is 0 Å². The van der Waals surface area contributed by atoms with Crippen LogP contribution in [0.5, 0.6) is 5.75 Å². The van der Waals surface area contributed by atoms with Gasteiger partial charge in [-0.1, -0.05) is 41.7 Å². The van der Waals surface area contributed by atoms with Gasteiger partial charge in [0.1, 0.15) is 16.9 Å². The van der Waals surface area contributed by atoms with Crippen LogP contribution in [-0.2, 0) is 10.3 Å². The molecule has 0 saturated carbocycles. The Balaban J connectivity index is 1.68. The highest BCUT2D eigenvalue weighted by molar-refractivity contribution is 7.20. The summed E-state index contributed by atoms with van der Waals surface area (Å²) in [6, 6.07) is 16.1. The molecule has 0 unspecified atom stereocenters. The van der Waals surface area contributed by atoms with Crippen molar-refractivity contribution < 1.29 is 23.9 Å². The summed E-state index contributed by atoms with van der Waals surface area (Å²) in [4.78, 5) is 43.8. The Morgan fingerprint density at radius 1 is 0.921 bits per heavy atom. The minimum absolute atomic E-state index is 0.0318. The molecule has 0 aliphatic heterocycles. The van der Waals surface area contributed by atoms with Gasteiger partial charge in [0, 0.05) is 5.56 Å². The fraction of sp³-hybridized carbons (Fsp3) is 0.296. The lowest BCUT2D eigenvalue weighted by molar-refractivity contribution is 0.0523. The Hall–Kier alpha value is -4.25. The highest BCUT2D eigenvalue weighted by Crippen LogP contribution is 2.30. The molecule has 0 aliphatic rings. The van der Waals surface area contributed by atoms with Gasteiger partial charge in [-0.2, -0.15) is 4.68 Å². The van der Waals surface area contributed by atoms with Crippen molar-refractivity contribution in [1.29, 1.82) is 0 Å². The smallest absolute Gasteiger partial charge is 0.436 e. The first-order valence-electron chi connectivity index (χ1n) is 11.8. The third kappa shape index (κ3) is 5.83. The quantitative estimate of drug-likeness (QED) is 0.348. The third-order valence-corrected chi connectivity index (χ3v) is 6.52. The molecule has 198 valence electrons. The summed E-state index contributed by atoms with van der Waals surface area (Å²) in [5, 5.41) is 10.1. The van der Waals surface area contributed by atoms with Crippen LogP contribution in [0.15, 0.2) is 54.6 Å². The Bertz CT molecular complexity index is 1480. The maximum Gasteiger partial charge on any atom is 0.436 e. The van der Waals surface area contributed by atoms with E-state index in [1.54, 1.807) is 45.0 Å². The molecule has 10 nitrogen and oxygen atoms in total. The van der Waals surface area contributed by atoms with E-state index in [1.165, 1.54) is 7.11 Å². The number of aromatic nitrogens is 3. The van der Waals surface area contributed by atoms with Crippen LogP contribution in [-0.4, -0.2) is 45.4 Å². The fourth-order valence-electron chi connectivity index (χ4n) is 3.60.